The van der Waals surface area contributed by atoms with E-state index in [0.29, 0.717) is 11.5 Å². The van der Waals surface area contributed by atoms with Crippen LogP contribution in [0, 0.1) is 0 Å². The number of carbonyl (C=O) groups is 1. The van der Waals surface area contributed by atoms with Gasteiger partial charge in [0.1, 0.15) is 5.82 Å². The molecule has 1 rings (SSSR count). The third kappa shape index (κ3) is 3.78. The number of carboxylic acid groups (broad SMARTS) is 1. The van der Waals surface area contributed by atoms with Crippen molar-refractivity contribution in [3.8, 4) is 0 Å². The molecule has 0 amide bonds. The van der Waals surface area contributed by atoms with Crippen molar-refractivity contribution in [2.24, 2.45) is 0 Å². The van der Waals surface area contributed by atoms with Crippen molar-refractivity contribution in [1.29, 1.82) is 0 Å². The zero-order chi connectivity index (χ0) is 13.0. The third-order valence-corrected chi connectivity index (χ3v) is 2.43. The first-order chi connectivity index (χ1) is 7.91. The SMILES string of the molecule is CC(C)c1nc(CCN(C)C)ncc1C(=O)O. The first-order valence-electron chi connectivity index (χ1n) is 5.65. The Kier molecular flexibility index (Phi) is 4.57. The number of aromatic carboxylic acids is 1. The van der Waals surface area contributed by atoms with Crippen molar-refractivity contribution in [3.05, 3.63) is 23.3 Å². The molecule has 0 aromatic carbocycles. The zero-order valence-corrected chi connectivity index (χ0v) is 10.8. The van der Waals surface area contributed by atoms with Crippen molar-refractivity contribution in [3.63, 3.8) is 0 Å². The summed E-state index contributed by atoms with van der Waals surface area (Å²) in [4.78, 5) is 21.5. The molecule has 17 heavy (non-hydrogen) atoms. The van der Waals surface area contributed by atoms with Crippen molar-refractivity contribution < 1.29 is 9.90 Å². The first-order valence-corrected chi connectivity index (χ1v) is 5.65. The largest absolute Gasteiger partial charge is 0.478 e. The molecular weight excluding hydrogens is 218 g/mol. The summed E-state index contributed by atoms with van der Waals surface area (Å²) in [5, 5.41) is 9.04. The molecule has 0 aliphatic heterocycles. The van der Waals surface area contributed by atoms with Gasteiger partial charge in [-0.05, 0) is 20.0 Å². The third-order valence-electron chi connectivity index (χ3n) is 2.43. The summed E-state index contributed by atoms with van der Waals surface area (Å²) >= 11 is 0. The van der Waals surface area contributed by atoms with Crippen LogP contribution in [-0.4, -0.2) is 46.6 Å². The highest BCUT2D eigenvalue weighted by molar-refractivity contribution is 5.88. The van der Waals surface area contributed by atoms with E-state index in [1.165, 1.54) is 6.20 Å². The average molecular weight is 237 g/mol. The van der Waals surface area contributed by atoms with Gasteiger partial charge in [0.25, 0.3) is 0 Å². The summed E-state index contributed by atoms with van der Waals surface area (Å²) < 4.78 is 0. The Morgan fingerprint density at radius 3 is 2.59 bits per heavy atom. The monoisotopic (exact) mass is 237 g/mol. The normalized spacial score (nSPS) is 11.2. The van der Waals surface area contributed by atoms with E-state index in [9.17, 15) is 4.79 Å². The van der Waals surface area contributed by atoms with Crippen LogP contribution in [0.3, 0.4) is 0 Å². The Morgan fingerprint density at radius 2 is 2.12 bits per heavy atom. The molecular formula is C12H19N3O2. The lowest BCUT2D eigenvalue weighted by Gasteiger charge is -2.12. The quantitative estimate of drug-likeness (QED) is 0.838. The Morgan fingerprint density at radius 1 is 1.47 bits per heavy atom. The number of aromatic nitrogens is 2. The van der Waals surface area contributed by atoms with E-state index in [4.69, 9.17) is 5.11 Å². The highest BCUT2D eigenvalue weighted by atomic mass is 16.4. The molecule has 0 saturated carbocycles. The smallest absolute Gasteiger partial charge is 0.339 e. The second kappa shape index (κ2) is 5.72. The number of carboxylic acids is 1. The molecule has 0 fully saturated rings. The molecule has 0 radical (unpaired) electrons. The van der Waals surface area contributed by atoms with Gasteiger partial charge in [0.05, 0.1) is 11.3 Å². The Balaban J connectivity index is 2.97. The van der Waals surface area contributed by atoms with Crippen LogP contribution in [-0.2, 0) is 6.42 Å². The molecule has 0 spiro atoms. The topological polar surface area (TPSA) is 66.3 Å². The van der Waals surface area contributed by atoms with E-state index in [-0.39, 0.29) is 11.5 Å². The number of nitrogens with zero attached hydrogens (tertiary/aromatic N) is 3. The highest BCUT2D eigenvalue weighted by Gasteiger charge is 2.16. The van der Waals surface area contributed by atoms with Gasteiger partial charge in [-0.25, -0.2) is 14.8 Å². The van der Waals surface area contributed by atoms with Gasteiger partial charge in [0, 0.05) is 19.2 Å². The predicted molar refractivity (Wildman–Crippen MR) is 65.3 cm³/mol. The zero-order valence-electron chi connectivity index (χ0n) is 10.8. The summed E-state index contributed by atoms with van der Waals surface area (Å²) in [6.07, 6.45) is 2.14. The molecule has 1 heterocycles. The molecule has 94 valence electrons. The van der Waals surface area contributed by atoms with E-state index in [1.54, 1.807) is 0 Å². The van der Waals surface area contributed by atoms with Gasteiger partial charge in [-0.2, -0.15) is 0 Å². The molecule has 0 unspecified atom stereocenters. The Hall–Kier alpha value is -1.49. The van der Waals surface area contributed by atoms with E-state index in [2.05, 4.69) is 9.97 Å². The second-order valence-electron chi connectivity index (χ2n) is 4.60. The fraction of sp³-hybridized carbons (Fsp3) is 0.583. The van der Waals surface area contributed by atoms with E-state index in [1.807, 2.05) is 32.8 Å². The lowest BCUT2D eigenvalue weighted by Crippen LogP contribution is -2.18. The molecule has 0 bridgehead atoms. The molecule has 1 N–H and O–H groups in total. The summed E-state index contributed by atoms with van der Waals surface area (Å²) in [6, 6.07) is 0. The minimum Gasteiger partial charge on any atom is -0.478 e. The molecule has 0 saturated heterocycles. The van der Waals surface area contributed by atoms with Gasteiger partial charge in [-0.3, -0.25) is 0 Å². The number of hydrogen-bond donors (Lipinski definition) is 1. The van der Waals surface area contributed by atoms with E-state index < -0.39 is 5.97 Å². The Labute approximate surface area is 102 Å². The van der Waals surface area contributed by atoms with Crippen molar-refractivity contribution >= 4 is 5.97 Å². The van der Waals surface area contributed by atoms with Crippen molar-refractivity contribution in [2.45, 2.75) is 26.2 Å². The molecule has 1 aromatic heterocycles. The summed E-state index contributed by atoms with van der Waals surface area (Å²) in [5.74, 6) is -0.178. The van der Waals surface area contributed by atoms with Crippen LogP contribution in [0.4, 0.5) is 0 Å². The maximum Gasteiger partial charge on any atom is 0.339 e. The van der Waals surface area contributed by atoms with Crippen molar-refractivity contribution in [2.75, 3.05) is 20.6 Å². The predicted octanol–water partition coefficient (Wildman–Crippen LogP) is 1.40. The van der Waals surface area contributed by atoms with Crippen LogP contribution >= 0.6 is 0 Å². The molecule has 0 aliphatic rings. The number of hydrogen-bond acceptors (Lipinski definition) is 4. The fourth-order valence-electron chi connectivity index (χ4n) is 1.48. The molecule has 5 heteroatoms. The number of rotatable bonds is 5. The molecule has 0 atom stereocenters. The van der Waals surface area contributed by atoms with Gasteiger partial charge >= 0.3 is 5.97 Å². The molecule has 5 nitrogen and oxygen atoms in total. The van der Waals surface area contributed by atoms with Gasteiger partial charge in [0.15, 0.2) is 0 Å². The van der Waals surface area contributed by atoms with Crippen LogP contribution in [0.15, 0.2) is 6.20 Å². The fourth-order valence-corrected chi connectivity index (χ4v) is 1.48. The van der Waals surface area contributed by atoms with Gasteiger partial charge in [-0.15, -0.1) is 0 Å². The summed E-state index contributed by atoms with van der Waals surface area (Å²) in [5.41, 5.74) is 0.815. The molecule has 1 aromatic rings. The lowest BCUT2D eigenvalue weighted by molar-refractivity contribution is 0.0694. The standard InChI is InChI=1S/C12H19N3O2/c1-8(2)11-9(12(16)17)7-13-10(14-11)5-6-15(3)4/h7-8H,5-6H2,1-4H3,(H,16,17). The number of likely N-dealkylation sites (N-methyl/N-ethyl adjacent to an activating group) is 1. The van der Waals surface area contributed by atoms with Gasteiger partial charge < -0.3 is 10.0 Å². The van der Waals surface area contributed by atoms with Crippen molar-refractivity contribution in [1.82, 2.24) is 14.9 Å². The summed E-state index contributed by atoms with van der Waals surface area (Å²) in [7, 11) is 3.96. The van der Waals surface area contributed by atoms with Crippen LogP contribution in [0.25, 0.3) is 0 Å². The minimum absolute atomic E-state index is 0.0854. The highest BCUT2D eigenvalue weighted by Crippen LogP contribution is 2.16. The first kappa shape index (κ1) is 13.6. The van der Waals surface area contributed by atoms with Gasteiger partial charge in [-0.1, -0.05) is 13.8 Å². The van der Waals surface area contributed by atoms with Crippen LogP contribution < -0.4 is 0 Å². The maximum atomic E-state index is 11.0. The lowest BCUT2D eigenvalue weighted by atomic mass is 10.1. The molecule has 0 aliphatic carbocycles. The van der Waals surface area contributed by atoms with Crippen LogP contribution in [0.2, 0.25) is 0 Å². The van der Waals surface area contributed by atoms with Crippen LogP contribution in [0.5, 0.6) is 0 Å². The average Bonchev–Trinajstić information content (AvgIpc) is 2.25. The maximum absolute atomic E-state index is 11.0. The van der Waals surface area contributed by atoms with Gasteiger partial charge in [0.2, 0.25) is 0 Å². The van der Waals surface area contributed by atoms with E-state index in [0.717, 1.165) is 13.0 Å². The summed E-state index contributed by atoms with van der Waals surface area (Å²) in [6.45, 7) is 4.72. The second-order valence-corrected chi connectivity index (χ2v) is 4.60. The van der Waals surface area contributed by atoms with Crippen LogP contribution in [0.1, 0.15) is 41.6 Å². The minimum atomic E-state index is -0.965. The Bertz CT molecular complexity index is 403. The van der Waals surface area contributed by atoms with E-state index >= 15 is 0 Å².